The lowest BCUT2D eigenvalue weighted by Crippen LogP contribution is -2.44. The third-order valence-electron chi connectivity index (χ3n) is 8.31. The molecule has 2 N–H and O–H groups in total. The summed E-state index contributed by atoms with van der Waals surface area (Å²) < 4.78 is 0. The number of aromatic nitrogens is 3. The average molecular weight is 468 g/mol. The van der Waals surface area contributed by atoms with E-state index < -0.39 is 0 Å². The van der Waals surface area contributed by atoms with Crippen LogP contribution in [0.25, 0.3) is 0 Å². The monoisotopic (exact) mass is 467 g/mol. The van der Waals surface area contributed by atoms with Gasteiger partial charge in [0.15, 0.2) is 5.84 Å². The van der Waals surface area contributed by atoms with E-state index in [4.69, 9.17) is 20.7 Å². The summed E-state index contributed by atoms with van der Waals surface area (Å²) in [6.45, 7) is 3.47. The van der Waals surface area contributed by atoms with E-state index in [1.165, 1.54) is 11.1 Å². The maximum absolute atomic E-state index is 6.76. The number of anilines is 2. The second-order valence-corrected chi connectivity index (χ2v) is 10.1. The first-order chi connectivity index (χ1) is 16.7. The Balaban J connectivity index is 0.00000229. The summed E-state index contributed by atoms with van der Waals surface area (Å²) in [5.41, 5.74) is 13.9. The van der Waals surface area contributed by atoms with E-state index in [0.717, 1.165) is 86.2 Å². The maximum Gasteiger partial charge on any atom is 0.156 e. The van der Waals surface area contributed by atoms with Crippen LogP contribution in [0.1, 0.15) is 60.9 Å². The fraction of sp³-hybridized carbons (Fsp3) is 0.429. The molecule has 7 rings (SSSR count). The fourth-order valence-electron chi connectivity index (χ4n) is 6.40. The van der Waals surface area contributed by atoms with Crippen molar-refractivity contribution in [2.24, 2.45) is 16.1 Å². The number of hydrogen-bond acceptors (Lipinski definition) is 7. The molecule has 1 aromatic carbocycles. The molecular weight excluding hydrogens is 434 g/mol. The summed E-state index contributed by atoms with van der Waals surface area (Å²) in [4.78, 5) is 24.0. The number of pyridine rings is 1. The lowest BCUT2D eigenvalue weighted by molar-refractivity contribution is 0.187. The first kappa shape index (κ1) is 22.2. The number of aliphatic imine (C=N–C) groups is 1. The van der Waals surface area contributed by atoms with Crippen molar-refractivity contribution >= 4 is 17.3 Å². The number of piperidine rings is 1. The van der Waals surface area contributed by atoms with Gasteiger partial charge in [-0.1, -0.05) is 31.7 Å². The second-order valence-electron chi connectivity index (χ2n) is 10.1. The molecule has 3 aliphatic heterocycles. The number of hydrogen-bond donors (Lipinski definition) is 1. The van der Waals surface area contributed by atoms with Crippen molar-refractivity contribution in [3.8, 4) is 0 Å². The molecule has 1 saturated heterocycles. The summed E-state index contributed by atoms with van der Waals surface area (Å²) in [6.07, 6.45) is 9.17. The van der Waals surface area contributed by atoms with Crippen molar-refractivity contribution < 1.29 is 0 Å². The highest BCUT2D eigenvalue weighted by molar-refractivity contribution is 6.11. The van der Waals surface area contributed by atoms with E-state index in [1.54, 1.807) is 0 Å². The van der Waals surface area contributed by atoms with Crippen molar-refractivity contribution in [3.05, 3.63) is 77.0 Å². The third kappa shape index (κ3) is 3.44. The zero-order chi connectivity index (χ0) is 22.7. The first-order valence-corrected chi connectivity index (χ1v) is 12.4. The van der Waals surface area contributed by atoms with Gasteiger partial charge in [-0.05, 0) is 60.8 Å². The van der Waals surface area contributed by atoms with Gasteiger partial charge in [0.05, 0.1) is 29.8 Å². The van der Waals surface area contributed by atoms with Gasteiger partial charge in [-0.3, -0.25) is 9.98 Å². The lowest BCUT2D eigenvalue weighted by atomic mass is 9.73. The molecule has 5 heterocycles. The van der Waals surface area contributed by atoms with E-state index in [1.807, 2.05) is 18.5 Å². The Morgan fingerprint density at radius 2 is 1.83 bits per heavy atom. The highest BCUT2D eigenvalue weighted by Crippen LogP contribution is 2.50. The number of nitrogens with zero attached hydrogens (tertiary/aromatic N) is 6. The molecular formula is C28H33N7. The lowest BCUT2D eigenvalue weighted by Gasteiger charge is -2.42. The summed E-state index contributed by atoms with van der Waals surface area (Å²) in [5, 5.41) is 0. The van der Waals surface area contributed by atoms with Crippen LogP contribution in [0.4, 0.5) is 11.5 Å². The molecule has 1 aliphatic carbocycles. The predicted octanol–water partition coefficient (Wildman–Crippen LogP) is 4.06. The number of amidine groups is 1. The molecule has 0 radical (unpaired) electrons. The minimum atomic E-state index is 0. The number of benzene rings is 1. The average Bonchev–Trinajstić information content (AvgIpc) is 3.43. The van der Waals surface area contributed by atoms with Gasteiger partial charge < -0.3 is 15.5 Å². The van der Waals surface area contributed by atoms with Crippen LogP contribution in [0.3, 0.4) is 0 Å². The SMILES string of the molecule is C.NC1c2ccccc2CC12CCN(c1cnc3c(n1)CN=C3N1CCCc3ncccc31)CC2. The van der Waals surface area contributed by atoms with Crippen LogP contribution in [0.5, 0.6) is 0 Å². The Morgan fingerprint density at radius 1 is 0.971 bits per heavy atom. The number of fused-ring (bicyclic) bond motifs is 3. The second kappa shape index (κ2) is 8.41. The third-order valence-corrected chi connectivity index (χ3v) is 8.31. The Labute approximate surface area is 207 Å². The van der Waals surface area contributed by atoms with Crippen LogP contribution >= 0.6 is 0 Å². The molecule has 0 saturated carbocycles. The molecule has 7 nitrogen and oxygen atoms in total. The van der Waals surface area contributed by atoms with Crippen LogP contribution in [0.15, 0.2) is 53.8 Å². The quantitative estimate of drug-likeness (QED) is 0.581. The Morgan fingerprint density at radius 3 is 2.69 bits per heavy atom. The van der Waals surface area contributed by atoms with Crippen molar-refractivity contribution in [2.75, 3.05) is 29.4 Å². The van der Waals surface area contributed by atoms with Gasteiger partial charge in [-0.25, -0.2) is 9.97 Å². The summed E-state index contributed by atoms with van der Waals surface area (Å²) >= 11 is 0. The van der Waals surface area contributed by atoms with Gasteiger partial charge in [0, 0.05) is 31.9 Å². The van der Waals surface area contributed by atoms with E-state index in [9.17, 15) is 0 Å². The van der Waals surface area contributed by atoms with E-state index >= 15 is 0 Å². The van der Waals surface area contributed by atoms with Gasteiger partial charge in [0.25, 0.3) is 0 Å². The Kier molecular flexibility index (Phi) is 5.33. The number of aryl methyl sites for hydroxylation is 1. The van der Waals surface area contributed by atoms with Crippen molar-refractivity contribution in [3.63, 3.8) is 0 Å². The fourth-order valence-corrected chi connectivity index (χ4v) is 6.40. The topological polar surface area (TPSA) is 83.5 Å². The molecule has 1 spiro atoms. The van der Waals surface area contributed by atoms with Crippen LogP contribution < -0.4 is 15.5 Å². The zero-order valence-corrected chi connectivity index (χ0v) is 19.3. The molecule has 0 amide bonds. The molecule has 180 valence electrons. The largest absolute Gasteiger partial charge is 0.355 e. The molecule has 0 bridgehead atoms. The summed E-state index contributed by atoms with van der Waals surface area (Å²) in [6, 6.07) is 13.0. The van der Waals surface area contributed by atoms with Crippen LogP contribution in [-0.2, 0) is 19.4 Å². The van der Waals surface area contributed by atoms with E-state index in [-0.39, 0.29) is 18.9 Å². The van der Waals surface area contributed by atoms with Crippen LogP contribution in [-0.4, -0.2) is 40.4 Å². The van der Waals surface area contributed by atoms with E-state index in [2.05, 4.69) is 45.1 Å². The van der Waals surface area contributed by atoms with Gasteiger partial charge in [0.2, 0.25) is 0 Å². The molecule has 1 atom stereocenters. The van der Waals surface area contributed by atoms with E-state index in [0.29, 0.717) is 6.54 Å². The van der Waals surface area contributed by atoms with Gasteiger partial charge >= 0.3 is 0 Å². The standard InChI is InChI=1S/C27H29N7.CH4/c28-25-19-6-2-1-5-18(19)15-27(25)9-13-33(14-10-27)23-17-30-24-21(32-23)16-31-26(24)34-12-4-7-20-22(34)8-3-11-29-20;/h1-3,5-6,8,11,17,25H,4,7,9-10,12-16,28H2;1H4. The normalized spacial score (nSPS) is 21.7. The predicted molar refractivity (Wildman–Crippen MR) is 140 cm³/mol. The smallest absolute Gasteiger partial charge is 0.156 e. The van der Waals surface area contributed by atoms with Gasteiger partial charge in [-0.15, -0.1) is 0 Å². The zero-order valence-electron chi connectivity index (χ0n) is 19.3. The van der Waals surface area contributed by atoms with Crippen molar-refractivity contribution in [1.82, 2.24) is 15.0 Å². The minimum Gasteiger partial charge on any atom is -0.355 e. The molecule has 1 fully saturated rings. The Bertz CT molecular complexity index is 1290. The maximum atomic E-state index is 6.76. The number of nitrogens with two attached hydrogens (primary N) is 1. The molecule has 3 aromatic rings. The summed E-state index contributed by atoms with van der Waals surface area (Å²) in [7, 11) is 0. The first-order valence-electron chi connectivity index (χ1n) is 12.4. The van der Waals surface area contributed by atoms with Gasteiger partial charge in [-0.2, -0.15) is 0 Å². The molecule has 1 unspecified atom stereocenters. The van der Waals surface area contributed by atoms with Crippen molar-refractivity contribution in [2.45, 2.75) is 52.1 Å². The Hall–Kier alpha value is -3.32. The highest BCUT2D eigenvalue weighted by atomic mass is 15.3. The molecule has 7 heteroatoms. The van der Waals surface area contributed by atoms with Crippen LogP contribution in [0, 0.1) is 5.41 Å². The van der Waals surface area contributed by atoms with Gasteiger partial charge in [0.1, 0.15) is 11.5 Å². The number of rotatable bonds is 1. The van der Waals surface area contributed by atoms with Crippen LogP contribution in [0.2, 0.25) is 0 Å². The molecule has 2 aromatic heterocycles. The molecule has 35 heavy (non-hydrogen) atoms. The van der Waals surface area contributed by atoms with Crippen molar-refractivity contribution in [1.29, 1.82) is 0 Å². The molecule has 4 aliphatic rings. The minimum absolute atomic E-state index is 0. The summed E-state index contributed by atoms with van der Waals surface area (Å²) in [5.74, 6) is 1.91. The highest BCUT2D eigenvalue weighted by Gasteiger charge is 2.46.